The smallest absolute Gasteiger partial charge is 0.119 e. The highest BCUT2D eigenvalue weighted by Gasteiger charge is 2.26. The first-order valence-electron chi connectivity index (χ1n) is 13.9. The predicted octanol–water partition coefficient (Wildman–Crippen LogP) is 5.46. The van der Waals surface area contributed by atoms with Gasteiger partial charge >= 0.3 is 0 Å². The van der Waals surface area contributed by atoms with E-state index >= 15 is 0 Å². The topological polar surface area (TPSA) is 50.2 Å². The van der Waals surface area contributed by atoms with Crippen molar-refractivity contribution in [1.29, 1.82) is 0 Å². The first kappa shape index (κ1) is 25.6. The summed E-state index contributed by atoms with van der Waals surface area (Å²) in [6.07, 6.45) is 4.34. The van der Waals surface area contributed by atoms with Crippen LogP contribution in [0.15, 0.2) is 60.7 Å². The van der Waals surface area contributed by atoms with E-state index in [0.717, 1.165) is 87.3 Å². The van der Waals surface area contributed by atoms with Gasteiger partial charge < -0.3 is 15.1 Å². The molecule has 0 radical (unpaired) electrons. The normalized spacial score (nSPS) is 18.2. The van der Waals surface area contributed by atoms with Crippen LogP contribution in [0.1, 0.15) is 36.5 Å². The third-order valence-electron chi connectivity index (χ3n) is 8.31. The van der Waals surface area contributed by atoms with Crippen LogP contribution in [0.5, 0.6) is 11.5 Å². The summed E-state index contributed by atoms with van der Waals surface area (Å²) in [7, 11) is 0. The molecule has 3 aromatic carbocycles. The van der Waals surface area contributed by atoms with Crippen molar-refractivity contribution in [2.24, 2.45) is 0 Å². The van der Waals surface area contributed by atoms with Crippen molar-refractivity contribution in [1.82, 2.24) is 9.80 Å². The fourth-order valence-electron chi connectivity index (χ4n) is 6.00. The molecular formula is C32H41N3O2. The fourth-order valence-corrected chi connectivity index (χ4v) is 6.00. The van der Waals surface area contributed by atoms with Gasteiger partial charge in [0.25, 0.3) is 0 Å². The number of rotatable bonds is 8. The highest BCUT2D eigenvalue weighted by Crippen LogP contribution is 2.31. The molecule has 2 aliphatic rings. The summed E-state index contributed by atoms with van der Waals surface area (Å²) in [5.74, 6) is 0.822. The molecule has 1 aliphatic carbocycles. The van der Waals surface area contributed by atoms with E-state index in [0.29, 0.717) is 17.5 Å². The molecule has 1 aliphatic heterocycles. The number of fused-ring (bicyclic) bond motifs is 1. The Bertz CT molecular complexity index is 1190. The molecule has 0 amide bonds. The Labute approximate surface area is 222 Å². The van der Waals surface area contributed by atoms with Gasteiger partial charge in [-0.05, 0) is 91.2 Å². The van der Waals surface area contributed by atoms with Crippen LogP contribution in [-0.4, -0.2) is 71.9 Å². The van der Waals surface area contributed by atoms with Crippen molar-refractivity contribution in [3.63, 3.8) is 0 Å². The summed E-state index contributed by atoms with van der Waals surface area (Å²) in [6, 6.07) is 21.2. The first-order valence-corrected chi connectivity index (χ1v) is 13.9. The predicted molar refractivity (Wildman–Crippen MR) is 153 cm³/mol. The van der Waals surface area contributed by atoms with Crippen LogP contribution in [0.2, 0.25) is 0 Å². The van der Waals surface area contributed by atoms with Crippen LogP contribution in [-0.2, 0) is 12.8 Å². The van der Waals surface area contributed by atoms with Gasteiger partial charge in [0.2, 0.25) is 0 Å². The SMILES string of the molecule is CCCN(CCN1CCN(c2ccc(-c3ccc(C)c(O)c3)cc2)CC1)[C@H]1CCc2c(O)cccc2C1. The molecule has 1 heterocycles. The molecule has 0 bridgehead atoms. The summed E-state index contributed by atoms with van der Waals surface area (Å²) in [4.78, 5) is 7.80. The lowest BCUT2D eigenvalue weighted by molar-refractivity contribution is 0.145. The number of anilines is 1. The molecule has 1 atom stereocenters. The lowest BCUT2D eigenvalue weighted by atomic mass is 9.87. The number of phenolic OH excluding ortho intramolecular Hbond substituents is 2. The lowest BCUT2D eigenvalue weighted by Gasteiger charge is -2.39. The van der Waals surface area contributed by atoms with Gasteiger partial charge in [0.15, 0.2) is 0 Å². The van der Waals surface area contributed by atoms with E-state index in [1.807, 2.05) is 31.2 Å². The van der Waals surface area contributed by atoms with Crippen LogP contribution >= 0.6 is 0 Å². The maximum atomic E-state index is 10.2. The maximum Gasteiger partial charge on any atom is 0.119 e. The summed E-state index contributed by atoms with van der Waals surface area (Å²) in [6.45, 7) is 11.9. The van der Waals surface area contributed by atoms with E-state index in [1.165, 1.54) is 17.7 Å². The second kappa shape index (κ2) is 11.6. The molecule has 1 fully saturated rings. The zero-order valence-corrected chi connectivity index (χ0v) is 22.4. The van der Waals surface area contributed by atoms with Gasteiger partial charge in [-0.3, -0.25) is 9.80 Å². The number of benzene rings is 3. The van der Waals surface area contributed by atoms with E-state index < -0.39 is 0 Å². The number of piperazine rings is 1. The Balaban J connectivity index is 1.13. The average molecular weight is 500 g/mol. The number of nitrogens with zero attached hydrogens (tertiary/aromatic N) is 3. The van der Waals surface area contributed by atoms with Crippen molar-refractivity contribution in [3.8, 4) is 22.6 Å². The van der Waals surface area contributed by atoms with E-state index in [9.17, 15) is 10.2 Å². The highest BCUT2D eigenvalue weighted by atomic mass is 16.3. The third kappa shape index (κ3) is 5.94. The minimum absolute atomic E-state index is 0.350. The Morgan fingerprint density at radius 1 is 0.865 bits per heavy atom. The zero-order chi connectivity index (χ0) is 25.8. The number of aromatic hydroxyl groups is 2. The van der Waals surface area contributed by atoms with Crippen molar-refractivity contribution in [2.75, 3.05) is 50.7 Å². The monoisotopic (exact) mass is 499 g/mol. The minimum atomic E-state index is 0.350. The standard InChI is InChI=1S/C32H41N3O2/c1-3-15-34(29-13-14-30-27(22-29)5-4-6-31(30)36)19-16-33-17-20-35(21-18-33)28-11-9-25(10-12-28)26-8-7-24(2)32(37)23-26/h4-12,23,29,36-37H,3,13-22H2,1-2H3/t29-/m0/s1. The molecule has 0 spiro atoms. The van der Waals surface area contributed by atoms with Gasteiger partial charge in [-0.1, -0.05) is 43.3 Å². The average Bonchev–Trinajstić information content (AvgIpc) is 2.93. The molecule has 5 rings (SSSR count). The highest BCUT2D eigenvalue weighted by molar-refractivity contribution is 5.68. The quantitative estimate of drug-likeness (QED) is 0.431. The van der Waals surface area contributed by atoms with Crippen LogP contribution in [0.4, 0.5) is 5.69 Å². The number of hydrogen-bond acceptors (Lipinski definition) is 5. The third-order valence-corrected chi connectivity index (χ3v) is 8.31. The van der Waals surface area contributed by atoms with Gasteiger partial charge in [0.05, 0.1) is 0 Å². The van der Waals surface area contributed by atoms with Crippen LogP contribution in [0, 0.1) is 6.92 Å². The molecule has 0 unspecified atom stereocenters. The molecule has 0 aromatic heterocycles. The van der Waals surface area contributed by atoms with Gasteiger partial charge in [-0.2, -0.15) is 0 Å². The zero-order valence-electron chi connectivity index (χ0n) is 22.4. The second-order valence-corrected chi connectivity index (χ2v) is 10.7. The maximum absolute atomic E-state index is 10.2. The van der Waals surface area contributed by atoms with Gasteiger partial charge in [0.1, 0.15) is 11.5 Å². The molecule has 2 N–H and O–H groups in total. The van der Waals surface area contributed by atoms with E-state index in [4.69, 9.17) is 0 Å². The second-order valence-electron chi connectivity index (χ2n) is 10.7. The molecule has 3 aromatic rings. The van der Waals surface area contributed by atoms with Crippen molar-refractivity contribution in [2.45, 2.75) is 45.6 Å². The van der Waals surface area contributed by atoms with Crippen LogP contribution in [0.3, 0.4) is 0 Å². The molecule has 5 heteroatoms. The van der Waals surface area contributed by atoms with Crippen molar-refractivity contribution >= 4 is 5.69 Å². The van der Waals surface area contributed by atoms with Gasteiger partial charge in [0, 0.05) is 51.0 Å². The van der Waals surface area contributed by atoms with Crippen molar-refractivity contribution < 1.29 is 10.2 Å². The summed E-state index contributed by atoms with van der Waals surface area (Å²) >= 11 is 0. The molecule has 37 heavy (non-hydrogen) atoms. The molecule has 1 saturated heterocycles. The number of phenols is 2. The molecular weight excluding hydrogens is 458 g/mol. The number of aryl methyl sites for hydroxylation is 1. The van der Waals surface area contributed by atoms with E-state index in [2.05, 4.69) is 58.0 Å². The van der Waals surface area contributed by atoms with Crippen molar-refractivity contribution in [3.05, 3.63) is 77.4 Å². The van der Waals surface area contributed by atoms with Gasteiger partial charge in [-0.25, -0.2) is 0 Å². The Morgan fingerprint density at radius 2 is 1.62 bits per heavy atom. The van der Waals surface area contributed by atoms with E-state index in [1.54, 1.807) is 0 Å². The van der Waals surface area contributed by atoms with Gasteiger partial charge in [-0.15, -0.1) is 0 Å². The first-order chi connectivity index (χ1) is 18.0. The Morgan fingerprint density at radius 3 is 2.35 bits per heavy atom. The minimum Gasteiger partial charge on any atom is -0.508 e. The largest absolute Gasteiger partial charge is 0.508 e. The summed E-state index contributed by atoms with van der Waals surface area (Å²) in [5.41, 5.74) is 6.85. The Kier molecular flexibility index (Phi) is 8.02. The van der Waals surface area contributed by atoms with E-state index in [-0.39, 0.29) is 0 Å². The summed E-state index contributed by atoms with van der Waals surface area (Å²) in [5, 5.41) is 20.3. The number of hydrogen-bond donors (Lipinski definition) is 2. The van der Waals surface area contributed by atoms with Crippen LogP contribution < -0.4 is 4.90 Å². The molecule has 0 saturated carbocycles. The fraction of sp³-hybridized carbons (Fsp3) is 0.438. The van der Waals surface area contributed by atoms with Crippen LogP contribution in [0.25, 0.3) is 11.1 Å². The molecule has 5 nitrogen and oxygen atoms in total. The lowest BCUT2D eigenvalue weighted by Crippen LogP contribution is -2.50. The Hall–Kier alpha value is -3.02. The summed E-state index contributed by atoms with van der Waals surface area (Å²) < 4.78 is 0. The molecule has 196 valence electrons.